The Kier molecular flexibility index (Phi) is 4.58. The number of carbonyl (C=O) groups is 1. The first-order valence-corrected chi connectivity index (χ1v) is 8.19. The Morgan fingerprint density at radius 1 is 1.29 bits per heavy atom. The molecule has 1 fully saturated rings. The minimum atomic E-state index is 0.289. The number of rotatable bonds is 4. The molecule has 1 aromatic carbocycles. The van der Waals surface area contributed by atoms with Gasteiger partial charge in [0.15, 0.2) is 0 Å². The number of likely N-dealkylation sites (N-methyl/N-ethyl adjacent to an activating group) is 1. The standard InChI is InChI=1S/C16H24N3OP/c1-17(8-9-18-12-19(21)7-6-16(18)20)15-10-13-4-2-3-5-14(13)11-15/h2-5,15H,6-12,21H2,1H3. The molecule has 3 rings (SSSR count). The third-order valence-electron chi connectivity index (χ3n) is 4.69. The molecule has 1 amide bonds. The summed E-state index contributed by atoms with van der Waals surface area (Å²) in [7, 11) is 4.88. The zero-order chi connectivity index (χ0) is 14.8. The van der Waals surface area contributed by atoms with Gasteiger partial charge in [0.05, 0.1) is 6.67 Å². The molecule has 1 aromatic rings. The maximum absolute atomic E-state index is 11.9. The normalized spacial score (nSPS) is 20.3. The van der Waals surface area contributed by atoms with Gasteiger partial charge in [-0.25, -0.2) is 0 Å². The molecule has 1 atom stereocenters. The lowest BCUT2D eigenvalue weighted by Crippen LogP contribution is -2.48. The van der Waals surface area contributed by atoms with Crippen molar-refractivity contribution in [3.63, 3.8) is 0 Å². The van der Waals surface area contributed by atoms with Crippen LogP contribution in [0.2, 0.25) is 0 Å². The van der Waals surface area contributed by atoms with Crippen molar-refractivity contribution in [1.29, 1.82) is 0 Å². The lowest BCUT2D eigenvalue weighted by atomic mass is 10.1. The molecule has 0 saturated carbocycles. The summed E-state index contributed by atoms with van der Waals surface area (Å²) in [5.41, 5.74) is 2.97. The number of carbonyl (C=O) groups excluding carboxylic acids is 1. The van der Waals surface area contributed by atoms with Crippen LogP contribution >= 0.6 is 9.39 Å². The van der Waals surface area contributed by atoms with Gasteiger partial charge in [-0.2, -0.15) is 0 Å². The van der Waals surface area contributed by atoms with Gasteiger partial charge in [0.1, 0.15) is 0 Å². The van der Waals surface area contributed by atoms with Crippen molar-refractivity contribution in [1.82, 2.24) is 14.5 Å². The first-order chi connectivity index (χ1) is 10.1. The van der Waals surface area contributed by atoms with E-state index in [-0.39, 0.29) is 5.91 Å². The van der Waals surface area contributed by atoms with E-state index in [0.29, 0.717) is 12.5 Å². The fraction of sp³-hybridized carbons (Fsp3) is 0.562. The van der Waals surface area contributed by atoms with E-state index < -0.39 is 0 Å². The minimum absolute atomic E-state index is 0.289. The predicted molar refractivity (Wildman–Crippen MR) is 87.9 cm³/mol. The van der Waals surface area contributed by atoms with Crippen molar-refractivity contribution in [3.05, 3.63) is 35.4 Å². The van der Waals surface area contributed by atoms with E-state index in [0.717, 1.165) is 39.1 Å². The van der Waals surface area contributed by atoms with Crippen molar-refractivity contribution in [2.24, 2.45) is 0 Å². The SMILES string of the molecule is CN(CCN1CN(P)CCC1=O)C1Cc2ccccc2C1. The Bertz CT molecular complexity index is 497. The topological polar surface area (TPSA) is 26.8 Å². The molecular formula is C16H24N3OP. The summed E-state index contributed by atoms with van der Waals surface area (Å²) >= 11 is 0. The van der Waals surface area contributed by atoms with Crippen LogP contribution in [-0.4, -0.2) is 59.8 Å². The van der Waals surface area contributed by atoms with Crippen LogP contribution in [0, 0.1) is 0 Å². The second kappa shape index (κ2) is 6.43. The van der Waals surface area contributed by atoms with Gasteiger partial charge < -0.3 is 9.80 Å². The zero-order valence-electron chi connectivity index (χ0n) is 12.7. The monoisotopic (exact) mass is 305 g/mol. The molecule has 0 N–H and O–H groups in total. The Morgan fingerprint density at radius 2 is 1.95 bits per heavy atom. The van der Waals surface area contributed by atoms with Crippen LogP contribution in [-0.2, 0) is 17.6 Å². The summed E-state index contributed by atoms with van der Waals surface area (Å²) < 4.78 is 2.13. The van der Waals surface area contributed by atoms with E-state index in [1.54, 1.807) is 0 Å². The van der Waals surface area contributed by atoms with Gasteiger partial charge in [0.25, 0.3) is 0 Å². The maximum atomic E-state index is 11.9. The van der Waals surface area contributed by atoms with Crippen molar-refractivity contribution in [3.8, 4) is 0 Å². The number of amides is 1. The average Bonchev–Trinajstić information content (AvgIpc) is 2.92. The molecule has 2 aliphatic rings. The maximum Gasteiger partial charge on any atom is 0.224 e. The second-order valence-electron chi connectivity index (χ2n) is 6.17. The first kappa shape index (κ1) is 15.0. The van der Waals surface area contributed by atoms with Crippen LogP contribution in [0.15, 0.2) is 24.3 Å². The van der Waals surface area contributed by atoms with Crippen LogP contribution in [0.5, 0.6) is 0 Å². The van der Waals surface area contributed by atoms with E-state index in [4.69, 9.17) is 0 Å². The Hall–Kier alpha value is -0.960. The molecule has 114 valence electrons. The van der Waals surface area contributed by atoms with E-state index in [1.807, 2.05) is 4.90 Å². The molecule has 1 aliphatic heterocycles. The van der Waals surface area contributed by atoms with E-state index in [1.165, 1.54) is 11.1 Å². The predicted octanol–water partition coefficient (Wildman–Crippen LogP) is 1.37. The number of fused-ring (bicyclic) bond motifs is 1. The van der Waals surface area contributed by atoms with E-state index in [9.17, 15) is 4.79 Å². The van der Waals surface area contributed by atoms with E-state index >= 15 is 0 Å². The molecule has 5 heteroatoms. The molecule has 0 radical (unpaired) electrons. The van der Waals surface area contributed by atoms with Crippen LogP contribution in [0.25, 0.3) is 0 Å². The lowest BCUT2D eigenvalue weighted by molar-refractivity contribution is -0.135. The third kappa shape index (κ3) is 3.45. The highest BCUT2D eigenvalue weighted by Gasteiger charge is 2.26. The molecule has 1 unspecified atom stereocenters. The summed E-state index contributed by atoms with van der Waals surface area (Å²) in [6.45, 7) is 3.37. The third-order valence-corrected chi connectivity index (χ3v) is 5.11. The molecule has 4 nitrogen and oxygen atoms in total. The van der Waals surface area contributed by atoms with Gasteiger partial charge in [-0.05, 0) is 31.0 Å². The Balaban J connectivity index is 1.51. The quantitative estimate of drug-likeness (QED) is 0.786. The highest BCUT2D eigenvalue weighted by molar-refractivity contribution is 7.13. The summed E-state index contributed by atoms with van der Waals surface area (Å²) in [4.78, 5) is 16.3. The van der Waals surface area contributed by atoms with Crippen LogP contribution in [0.1, 0.15) is 17.5 Å². The minimum Gasteiger partial charge on any atom is -0.328 e. The van der Waals surface area contributed by atoms with Gasteiger partial charge in [-0.3, -0.25) is 9.46 Å². The zero-order valence-corrected chi connectivity index (χ0v) is 13.8. The molecule has 1 heterocycles. The fourth-order valence-electron chi connectivity index (χ4n) is 3.27. The van der Waals surface area contributed by atoms with Crippen molar-refractivity contribution < 1.29 is 4.79 Å². The first-order valence-electron chi connectivity index (χ1n) is 7.68. The van der Waals surface area contributed by atoms with Gasteiger partial charge in [-0.1, -0.05) is 33.7 Å². The van der Waals surface area contributed by atoms with Gasteiger partial charge in [0, 0.05) is 32.1 Å². The van der Waals surface area contributed by atoms with Crippen molar-refractivity contribution >= 4 is 15.3 Å². The number of hydrogen-bond donors (Lipinski definition) is 0. The molecular weight excluding hydrogens is 281 g/mol. The summed E-state index contributed by atoms with van der Waals surface area (Å²) in [5, 5.41) is 0. The fourth-order valence-corrected chi connectivity index (χ4v) is 3.60. The smallest absolute Gasteiger partial charge is 0.224 e. The molecule has 0 aromatic heterocycles. The number of hydrogen-bond acceptors (Lipinski definition) is 3. The van der Waals surface area contributed by atoms with Crippen molar-refractivity contribution in [2.45, 2.75) is 25.3 Å². The summed E-state index contributed by atoms with van der Waals surface area (Å²) in [5.74, 6) is 0.289. The van der Waals surface area contributed by atoms with Crippen molar-refractivity contribution in [2.75, 3.05) is 33.4 Å². The van der Waals surface area contributed by atoms with Crippen LogP contribution in [0.4, 0.5) is 0 Å². The Morgan fingerprint density at radius 3 is 2.62 bits per heavy atom. The molecule has 0 bridgehead atoms. The van der Waals surface area contributed by atoms with E-state index in [2.05, 4.69) is 50.3 Å². The largest absolute Gasteiger partial charge is 0.328 e. The summed E-state index contributed by atoms with van der Waals surface area (Å²) in [6.07, 6.45) is 2.91. The molecule has 21 heavy (non-hydrogen) atoms. The van der Waals surface area contributed by atoms with Crippen LogP contribution < -0.4 is 0 Å². The number of nitrogens with zero attached hydrogens (tertiary/aromatic N) is 3. The highest BCUT2D eigenvalue weighted by atomic mass is 31.0. The summed E-state index contributed by atoms with van der Waals surface area (Å²) in [6, 6.07) is 9.31. The number of benzene rings is 1. The Labute approximate surface area is 129 Å². The lowest BCUT2D eigenvalue weighted by Gasteiger charge is -2.34. The van der Waals surface area contributed by atoms with Gasteiger partial charge in [-0.15, -0.1) is 0 Å². The van der Waals surface area contributed by atoms with Gasteiger partial charge in [0.2, 0.25) is 5.91 Å². The molecule has 1 saturated heterocycles. The molecule has 1 aliphatic carbocycles. The van der Waals surface area contributed by atoms with Gasteiger partial charge >= 0.3 is 0 Å². The van der Waals surface area contributed by atoms with Crippen LogP contribution in [0.3, 0.4) is 0 Å². The molecule has 0 spiro atoms. The average molecular weight is 305 g/mol. The second-order valence-corrected chi connectivity index (χ2v) is 6.90. The highest BCUT2D eigenvalue weighted by Crippen LogP contribution is 2.24.